The number of aromatic nitrogens is 1. The zero-order valence-corrected chi connectivity index (χ0v) is 22.4. The number of hydrogen-bond acceptors (Lipinski definition) is 1. The van der Waals surface area contributed by atoms with Gasteiger partial charge >= 0.3 is 0 Å². The fraction of sp³-hybridized carbons (Fsp3) is 0.0541. The van der Waals surface area contributed by atoms with E-state index >= 15 is 4.39 Å². The maximum Gasteiger partial charge on any atom is 0.216 e. The Morgan fingerprint density at radius 3 is 1.85 bits per heavy atom. The third-order valence-electron chi connectivity index (χ3n) is 7.72. The van der Waals surface area contributed by atoms with E-state index in [9.17, 15) is 0 Å². The molecule has 0 aliphatic rings. The van der Waals surface area contributed by atoms with Crippen LogP contribution in [0.1, 0.15) is 5.56 Å². The lowest BCUT2D eigenvalue weighted by Crippen LogP contribution is -2.30. The summed E-state index contributed by atoms with van der Waals surface area (Å²) in [6, 6.07) is 40.4. The zero-order chi connectivity index (χ0) is 27.2. The minimum Gasteiger partial charge on any atom is -0.454 e. The lowest BCUT2D eigenvalue weighted by atomic mass is 9.96. The van der Waals surface area contributed by atoms with Gasteiger partial charge in [-0.1, -0.05) is 91.0 Å². The van der Waals surface area contributed by atoms with Crippen molar-refractivity contribution in [1.29, 1.82) is 0 Å². The summed E-state index contributed by atoms with van der Waals surface area (Å²) in [5, 5.41) is 1.88. The van der Waals surface area contributed by atoms with Crippen molar-refractivity contribution in [2.24, 2.45) is 7.05 Å². The Balaban J connectivity index is 1.43. The largest absolute Gasteiger partial charge is 0.454 e. The van der Waals surface area contributed by atoms with Crippen LogP contribution < -0.4 is 4.57 Å². The number of rotatable bonds is 4. The predicted octanol–water partition coefficient (Wildman–Crippen LogP) is 9.53. The Bertz CT molecular complexity index is 2020. The summed E-state index contributed by atoms with van der Waals surface area (Å²) in [5.74, 6) is -0.298. The first-order valence-corrected chi connectivity index (χ1v) is 13.4. The molecule has 0 saturated carbocycles. The molecule has 3 heteroatoms. The third kappa shape index (κ3) is 3.99. The Morgan fingerprint density at radius 1 is 0.550 bits per heavy atom. The second-order valence-corrected chi connectivity index (χ2v) is 10.3. The van der Waals surface area contributed by atoms with Gasteiger partial charge in [0.1, 0.15) is 24.0 Å². The molecule has 0 aliphatic carbocycles. The van der Waals surface area contributed by atoms with Crippen molar-refractivity contribution in [2.45, 2.75) is 6.92 Å². The summed E-state index contributed by atoms with van der Waals surface area (Å²) in [6.07, 6.45) is 2.14. The van der Waals surface area contributed by atoms with Crippen LogP contribution in [0.3, 0.4) is 0 Å². The van der Waals surface area contributed by atoms with E-state index in [1.165, 1.54) is 5.56 Å². The van der Waals surface area contributed by atoms with Gasteiger partial charge in [-0.15, -0.1) is 0 Å². The topological polar surface area (TPSA) is 17.0 Å². The lowest BCUT2D eigenvalue weighted by Gasteiger charge is -2.08. The highest BCUT2D eigenvalue weighted by Crippen LogP contribution is 2.42. The van der Waals surface area contributed by atoms with Gasteiger partial charge in [-0.2, -0.15) is 0 Å². The van der Waals surface area contributed by atoms with Crippen LogP contribution in [-0.2, 0) is 7.05 Å². The van der Waals surface area contributed by atoms with E-state index in [4.69, 9.17) is 4.42 Å². The van der Waals surface area contributed by atoms with Crippen LogP contribution >= 0.6 is 0 Å². The first kappa shape index (κ1) is 24.1. The van der Waals surface area contributed by atoms with Crippen LogP contribution in [0.2, 0.25) is 0 Å². The molecular formula is C37H27FNO+. The van der Waals surface area contributed by atoms with Crippen LogP contribution in [-0.4, -0.2) is 0 Å². The molecule has 2 heterocycles. The molecule has 7 rings (SSSR count). The van der Waals surface area contributed by atoms with Gasteiger partial charge in [0.05, 0.1) is 11.1 Å². The SMILES string of the molecule is Cc1ccc2c(oc3c(-c4cccc(-c5ccccc5)c4)c(F)ccc32)c1-c1ccc(-c2ccccc2)c[n+]1C. The number of fused-ring (bicyclic) bond motifs is 3. The average Bonchev–Trinajstić information content (AvgIpc) is 3.36. The van der Waals surface area contributed by atoms with E-state index in [1.807, 2.05) is 48.5 Å². The van der Waals surface area contributed by atoms with E-state index in [0.29, 0.717) is 11.1 Å². The molecule has 0 unspecified atom stereocenters. The molecule has 2 aromatic heterocycles. The standard InChI is InChI=1S/C37H27FNO/c1-24-16-18-30-31-19-20-32(38)35(28-15-9-14-27(22-28)25-10-5-3-6-11-25)37(31)40-36(30)34(24)33-21-17-29(23-39(33)2)26-12-7-4-8-13-26/h3-23H,1-2H3/q+1. The van der Waals surface area contributed by atoms with Crippen LogP contribution in [0.5, 0.6) is 0 Å². The van der Waals surface area contributed by atoms with Gasteiger partial charge in [-0.25, -0.2) is 8.96 Å². The van der Waals surface area contributed by atoms with Crippen molar-refractivity contribution >= 4 is 21.9 Å². The Labute approximate surface area is 232 Å². The van der Waals surface area contributed by atoms with Crippen molar-refractivity contribution in [2.75, 3.05) is 0 Å². The number of halogens is 1. The number of nitrogens with zero attached hydrogens (tertiary/aromatic N) is 1. The van der Waals surface area contributed by atoms with Gasteiger partial charge in [0.15, 0.2) is 6.20 Å². The second-order valence-electron chi connectivity index (χ2n) is 10.3. The maximum absolute atomic E-state index is 15.6. The number of aryl methyl sites for hydroxylation is 2. The number of pyridine rings is 1. The molecule has 0 atom stereocenters. The molecule has 0 fully saturated rings. The van der Waals surface area contributed by atoms with E-state index < -0.39 is 0 Å². The lowest BCUT2D eigenvalue weighted by molar-refractivity contribution is -0.659. The molecule has 192 valence electrons. The first-order valence-electron chi connectivity index (χ1n) is 13.4. The van der Waals surface area contributed by atoms with Gasteiger partial charge in [0.25, 0.3) is 0 Å². The molecule has 0 radical (unpaired) electrons. The molecule has 5 aromatic carbocycles. The molecule has 2 nitrogen and oxygen atoms in total. The van der Waals surface area contributed by atoms with Crippen LogP contribution in [0.25, 0.3) is 66.6 Å². The fourth-order valence-corrected chi connectivity index (χ4v) is 5.72. The Morgan fingerprint density at radius 2 is 1.15 bits per heavy atom. The first-order chi connectivity index (χ1) is 19.6. The van der Waals surface area contributed by atoms with Crippen molar-refractivity contribution in [3.8, 4) is 44.6 Å². The fourth-order valence-electron chi connectivity index (χ4n) is 5.72. The highest BCUT2D eigenvalue weighted by atomic mass is 19.1. The van der Waals surface area contributed by atoms with Crippen LogP contribution in [0.4, 0.5) is 4.39 Å². The summed E-state index contributed by atoms with van der Waals surface area (Å²) < 4.78 is 24.4. The Kier molecular flexibility index (Phi) is 5.78. The van der Waals surface area contributed by atoms with Crippen molar-refractivity contribution in [1.82, 2.24) is 0 Å². The smallest absolute Gasteiger partial charge is 0.216 e. The summed E-state index contributed by atoms with van der Waals surface area (Å²) in [5.41, 5.74) is 10.2. The quantitative estimate of drug-likeness (QED) is 0.211. The van der Waals surface area contributed by atoms with Crippen molar-refractivity contribution < 1.29 is 13.4 Å². The third-order valence-corrected chi connectivity index (χ3v) is 7.72. The monoisotopic (exact) mass is 520 g/mol. The molecular weight excluding hydrogens is 493 g/mol. The summed E-state index contributed by atoms with van der Waals surface area (Å²) >= 11 is 0. The van der Waals surface area contributed by atoms with E-state index in [-0.39, 0.29) is 5.82 Å². The minimum absolute atomic E-state index is 0.298. The zero-order valence-electron chi connectivity index (χ0n) is 22.4. The van der Waals surface area contributed by atoms with Gasteiger partial charge in [0.2, 0.25) is 5.69 Å². The molecule has 40 heavy (non-hydrogen) atoms. The maximum atomic E-state index is 15.6. The van der Waals surface area contributed by atoms with Crippen LogP contribution in [0, 0.1) is 12.7 Å². The molecule has 0 amide bonds. The predicted molar refractivity (Wildman–Crippen MR) is 161 cm³/mol. The molecule has 0 spiro atoms. The summed E-state index contributed by atoms with van der Waals surface area (Å²) in [6.45, 7) is 2.10. The molecule has 0 N–H and O–H groups in total. The number of benzene rings is 5. The van der Waals surface area contributed by atoms with Gasteiger partial charge in [-0.05, 0) is 59.0 Å². The second kappa shape index (κ2) is 9.62. The van der Waals surface area contributed by atoms with Crippen LogP contribution in [0.15, 0.2) is 132 Å². The van der Waals surface area contributed by atoms with Crippen molar-refractivity contribution in [3.05, 3.63) is 139 Å². The Hall–Kier alpha value is -5.02. The van der Waals surface area contributed by atoms with Gasteiger partial charge < -0.3 is 4.42 Å². The highest BCUT2D eigenvalue weighted by Gasteiger charge is 2.23. The summed E-state index contributed by atoms with van der Waals surface area (Å²) in [4.78, 5) is 0. The van der Waals surface area contributed by atoms with Gasteiger partial charge in [0, 0.05) is 22.4 Å². The number of furan rings is 1. The molecule has 0 bridgehead atoms. The normalized spacial score (nSPS) is 11.4. The molecule has 0 aliphatic heterocycles. The van der Waals surface area contributed by atoms with E-state index in [1.54, 1.807) is 6.07 Å². The van der Waals surface area contributed by atoms with Gasteiger partial charge in [-0.3, -0.25) is 0 Å². The number of hydrogen-bond donors (Lipinski definition) is 0. The minimum atomic E-state index is -0.298. The van der Waals surface area contributed by atoms with E-state index in [2.05, 4.69) is 91.5 Å². The average molecular weight is 521 g/mol. The van der Waals surface area contributed by atoms with Crippen molar-refractivity contribution in [3.63, 3.8) is 0 Å². The summed E-state index contributed by atoms with van der Waals surface area (Å²) in [7, 11) is 2.06. The molecule has 0 saturated heterocycles. The highest BCUT2D eigenvalue weighted by molar-refractivity contribution is 6.13. The molecule has 7 aromatic rings. The van der Waals surface area contributed by atoms with E-state index in [0.717, 1.165) is 55.4 Å².